The van der Waals surface area contributed by atoms with Crippen LogP contribution in [0.1, 0.15) is 24.8 Å². The third kappa shape index (κ3) is 5.26. The van der Waals surface area contributed by atoms with Crippen molar-refractivity contribution < 1.29 is 14.2 Å². The van der Waals surface area contributed by atoms with E-state index in [9.17, 15) is 0 Å². The van der Waals surface area contributed by atoms with Crippen molar-refractivity contribution in [2.24, 2.45) is 10.9 Å². The number of rotatable bonds is 7. The lowest BCUT2D eigenvalue weighted by Crippen LogP contribution is -2.40. The van der Waals surface area contributed by atoms with Gasteiger partial charge in [0.15, 0.2) is 17.5 Å². The molecule has 2 aliphatic rings. The molecule has 3 rings (SSSR count). The third-order valence-corrected chi connectivity index (χ3v) is 4.48. The van der Waals surface area contributed by atoms with E-state index < -0.39 is 0 Å². The minimum Gasteiger partial charge on any atom is -0.490 e. The first-order valence-electron chi connectivity index (χ1n) is 9.15. The fourth-order valence-corrected chi connectivity index (χ4v) is 2.79. The number of benzene rings is 1. The number of para-hydroxylation sites is 1. The summed E-state index contributed by atoms with van der Waals surface area (Å²) in [5.41, 5.74) is 1.08. The maximum atomic E-state index is 5.88. The molecule has 138 valence electrons. The number of nitrogens with one attached hydrogen (secondary N) is 1. The number of guanidine groups is 1. The highest BCUT2D eigenvalue weighted by atomic mass is 16.5. The zero-order valence-corrected chi connectivity index (χ0v) is 15.3. The van der Waals surface area contributed by atoms with Gasteiger partial charge in [-0.3, -0.25) is 4.99 Å². The largest absolute Gasteiger partial charge is 0.490 e. The SMILES string of the molecule is CN=C(NCc1cccc2c1OCCCO2)N(C)CCOCC1CC1. The van der Waals surface area contributed by atoms with Crippen molar-refractivity contribution in [2.45, 2.75) is 25.8 Å². The lowest BCUT2D eigenvalue weighted by molar-refractivity contribution is 0.115. The molecular weight excluding hydrogens is 318 g/mol. The highest BCUT2D eigenvalue weighted by molar-refractivity contribution is 5.79. The Bertz CT molecular complexity index is 587. The Morgan fingerprint density at radius 2 is 2.16 bits per heavy atom. The summed E-state index contributed by atoms with van der Waals surface area (Å²) >= 11 is 0. The Morgan fingerprint density at radius 1 is 1.32 bits per heavy atom. The molecule has 1 heterocycles. The Kier molecular flexibility index (Phi) is 6.39. The molecule has 1 N–H and O–H groups in total. The van der Waals surface area contributed by atoms with Crippen LogP contribution < -0.4 is 14.8 Å². The number of likely N-dealkylation sites (N-methyl/N-ethyl adjacent to an activating group) is 1. The number of fused-ring (bicyclic) bond motifs is 1. The molecule has 0 unspecified atom stereocenters. The van der Waals surface area contributed by atoms with Gasteiger partial charge in [0, 0.05) is 45.8 Å². The van der Waals surface area contributed by atoms with Gasteiger partial charge in [0.1, 0.15) is 0 Å². The molecule has 0 spiro atoms. The summed E-state index contributed by atoms with van der Waals surface area (Å²) in [4.78, 5) is 6.45. The molecule has 0 saturated heterocycles. The van der Waals surface area contributed by atoms with E-state index in [4.69, 9.17) is 14.2 Å². The van der Waals surface area contributed by atoms with Crippen molar-refractivity contribution in [2.75, 3.05) is 47.1 Å². The molecular formula is C19H29N3O3. The van der Waals surface area contributed by atoms with Crippen molar-refractivity contribution in [1.29, 1.82) is 0 Å². The molecule has 0 aromatic heterocycles. The standard InChI is InChI=1S/C19H29N3O3/c1-20-19(22(2)9-12-23-14-15-7-8-15)21-13-16-5-3-6-17-18(16)25-11-4-10-24-17/h3,5-6,15H,4,7-14H2,1-2H3,(H,20,21). The number of ether oxygens (including phenoxy) is 3. The van der Waals surface area contributed by atoms with Crippen molar-refractivity contribution in [3.05, 3.63) is 23.8 Å². The molecule has 1 aromatic rings. The molecule has 6 nitrogen and oxygen atoms in total. The van der Waals surface area contributed by atoms with Crippen LogP contribution in [0.3, 0.4) is 0 Å². The minimum atomic E-state index is 0.645. The molecule has 6 heteroatoms. The normalized spacial score (nSPS) is 17.1. The van der Waals surface area contributed by atoms with Gasteiger partial charge in [0.05, 0.1) is 19.8 Å². The van der Waals surface area contributed by atoms with E-state index in [2.05, 4.69) is 21.3 Å². The zero-order chi connectivity index (χ0) is 17.5. The maximum absolute atomic E-state index is 5.88. The van der Waals surface area contributed by atoms with Gasteiger partial charge < -0.3 is 24.4 Å². The van der Waals surface area contributed by atoms with Gasteiger partial charge in [-0.25, -0.2) is 0 Å². The summed E-state index contributed by atoms with van der Waals surface area (Å²) in [5, 5.41) is 3.40. The van der Waals surface area contributed by atoms with E-state index in [1.165, 1.54) is 12.8 Å². The van der Waals surface area contributed by atoms with Crippen LogP contribution in [-0.2, 0) is 11.3 Å². The second-order valence-electron chi connectivity index (χ2n) is 6.64. The third-order valence-electron chi connectivity index (χ3n) is 4.48. The van der Waals surface area contributed by atoms with Crippen LogP contribution in [0.5, 0.6) is 11.5 Å². The molecule has 0 bridgehead atoms. The number of nitrogens with zero attached hydrogens (tertiary/aromatic N) is 2. The quantitative estimate of drug-likeness (QED) is 0.466. The number of hydrogen-bond donors (Lipinski definition) is 1. The van der Waals surface area contributed by atoms with Crippen LogP contribution >= 0.6 is 0 Å². The molecule has 1 aliphatic carbocycles. The summed E-state index contributed by atoms with van der Waals surface area (Å²) in [6.45, 7) is 4.48. The zero-order valence-electron chi connectivity index (χ0n) is 15.3. The summed E-state index contributed by atoms with van der Waals surface area (Å²) in [5.74, 6) is 3.33. The lowest BCUT2D eigenvalue weighted by Gasteiger charge is -2.22. The predicted octanol–water partition coefficient (Wildman–Crippen LogP) is 2.28. The summed E-state index contributed by atoms with van der Waals surface area (Å²) in [6.07, 6.45) is 3.56. The second kappa shape index (κ2) is 8.94. The Labute approximate surface area is 150 Å². The van der Waals surface area contributed by atoms with Gasteiger partial charge in [-0.15, -0.1) is 0 Å². The van der Waals surface area contributed by atoms with Crippen molar-refractivity contribution in [3.63, 3.8) is 0 Å². The summed E-state index contributed by atoms with van der Waals surface area (Å²) < 4.78 is 17.3. The molecule has 0 radical (unpaired) electrons. The van der Waals surface area contributed by atoms with Crippen LogP contribution in [0.25, 0.3) is 0 Å². The van der Waals surface area contributed by atoms with E-state index in [0.29, 0.717) is 19.8 Å². The first kappa shape index (κ1) is 17.9. The predicted molar refractivity (Wildman–Crippen MR) is 98.4 cm³/mol. The van der Waals surface area contributed by atoms with Crippen LogP contribution in [0.2, 0.25) is 0 Å². The molecule has 0 atom stereocenters. The lowest BCUT2D eigenvalue weighted by atomic mass is 10.2. The number of aliphatic imine (C=N–C) groups is 1. The van der Waals surface area contributed by atoms with Gasteiger partial charge in [0.25, 0.3) is 0 Å². The fraction of sp³-hybridized carbons (Fsp3) is 0.632. The average Bonchev–Trinajstić information content (AvgIpc) is 3.46. The number of hydrogen-bond acceptors (Lipinski definition) is 4. The van der Waals surface area contributed by atoms with Crippen molar-refractivity contribution >= 4 is 5.96 Å². The molecule has 1 fully saturated rings. The van der Waals surface area contributed by atoms with Gasteiger partial charge >= 0.3 is 0 Å². The molecule has 1 aromatic carbocycles. The molecule has 0 amide bonds. The van der Waals surface area contributed by atoms with E-state index in [1.54, 1.807) is 7.05 Å². The topological polar surface area (TPSA) is 55.3 Å². The van der Waals surface area contributed by atoms with E-state index >= 15 is 0 Å². The van der Waals surface area contributed by atoms with Crippen molar-refractivity contribution in [3.8, 4) is 11.5 Å². The Morgan fingerprint density at radius 3 is 2.96 bits per heavy atom. The molecule has 1 aliphatic heterocycles. The van der Waals surface area contributed by atoms with Crippen LogP contribution in [0.15, 0.2) is 23.2 Å². The highest BCUT2D eigenvalue weighted by Gasteiger charge is 2.21. The van der Waals surface area contributed by atoms with Gasteiger partial charge in [0.2, 0.25) is 0 Å². The van der Waals surface area contributed by atoms with Crippen LogP contribution in [-0.4, -0.2) is 57.9 Å². The maximum Gasteiger partial charge on any atom is 0.193 e. The van der Waals surface area contributed by atoms with E-state index in [0.717, 1.165) is 55.1 Å². The van der Waals surface area contributed by atoms with Crippen molar-refractivity contribution in [1.82, 2.24) is 10.2 Å². The monoisotopic (exact) mass is 347 g/mol. The van der Waals surface area contributed by atoms with Crippen LogP contribution in [0.4, 0.5) is 0 Å². The first-order chi connectivity index (χ1) is 12.3. The van der Waals surface area contributed by atoms with Gasteiger partial charge in [-0.05, 0) is 24.8 Å². The van der Waals surface area contributed by atoms with E-state index in [1.807, 2.05) is 19.2 Å². The van der Waals surface area contributed by atoms with Crippen LogP contribution in [0, 0.1) is 5.92 Å². The Hall–Kier alpha value is -1.95. The molecule has 1 saturated carbocycles. The molecule has 25 heavy (non-hydrogen) atoms. The Balaban J connectivity index is 1.50. The first-order valence-corrected chi connectivity index (χ1v) is 9.15. The van der Waals surface area contributed by atoms with Gasteiger partial charge in [-0.1, -0.05) is 12.1 Å². The fourth-order valence-electron chi connectivity index (χ4n) is 2.79. The van der Waals surface area contributed by atoms with E-state index in [-0.39, 0.29) is 0 Å². The smallest absolute Gasteiger partial charge is 0.193 e. The summed E-state index contributed by atoms with van der Waals surface area (Å²) in [6, 6.07) is 6.03. The average molecular weight is 347 g/mol. The highest BCUT2D eigenvalue weighted by Crippen LogP contribution is 2.33. The minimum absolute atomic E-state index is 0.645. The summed E-state index contributed by atoms with van der Waals surface area (Å²) in [7, 11) is 3.83. The second-order valence-corrected chi connectivity index (χ2v) is 6.64. The van der Waals surface area contributed by atoms with Gasteiger partial charge in [-0.2, -0.15) is 0 Å².